The van der Waals surface area contributed by atoms with E-state index in [1.165, 1.54) is 30.6 Å². The Morgan fingerprint density at radius 2 is 1.67 bits per heavy atom. The van der Waals surface area contributed by atoms with E-state index in [0.29, 0.717) is 6.07 Å². The lowest BCUT2D eigenvalue weighted by molar-refractivity contribution is -0.141. The number of para-hydroxylation sites is 1. The zero-order valence-electron chi connectivity index (χ0n) is 13.4. The van der Waals surface area contributed by atoms with Gasteiger partial charge in [0.25, 0.3) is 5.91 Å². The average Bonchev–Trinajstić information content (AvgIpc) is 2.64. The van der Waals surface area contributed by atoms with Crippen molar-refractivity contribution < 1.29 is 27.1 Å². The zero-order chi connectivity index (χ0) is 19.4. The van der Waals surface area contributed by atoms with Crippen molar-refractivity contribution in [1.29, 1.82) is 0 Å². The lowest BCUT2D eigenvalue weighted by atomic mass is 10.2. The van der Waals surface area contributed by atoms with Gasteiger partial charge in [-0.25, -0.2) is 14.4 Å². The first-order chi connectivity index (χ1) is 12.8. The number of aromatic nitrogens is 3. The summed E-state index contributed by atoms with van der Waals surface area (Å²) in [6.45, 7) is 0. The van der Waals surface area contributed by atoms with Crippen LogP contribution in [0.3, 0.4) is 0 Å². The second-order valence-corrected chi connectivity index (χ2v) is 5.17. The highest BCUT2D eigenvalue weighted by atomic mass is 19.4. The van der Waals surface area contributed by atoms with Crippen LogP contribution in [0.4, 0.5) is 23.2 Å². The van der Waals surface area contributed by atoms with E-state index in [-0.39, 0.29) is 23.0 Å². The van der Waals surface area contributed by atoms with E-state index >= 15 is 0 Å². The maximum absolute atomic E-state index is 13.5. The highest BCUT2D eigenvalue weighted by molar-refractivity contribution is 6.03. The molecule has 0 aliphatic rings. The van der Waals surface area contributed by atoms with Crippen LogP contribution in [0.15, 0.2) is 55.0 Å². The molecular formula is C17H10F4N4O2. The molecule has 0 aliphatic carbocycles. The number of halogens is 4. The van der Waals surface area contributed by atoms with Crippen LogP contribution in [0, 0.1) is 5.82 Å². The number of pyridine rings is 1. The molecule has 1 amide bonds. The standard InChI is InChI=1S/C17H10F4N4O2/c18-12-3-1-2-4-13(12)27-16-23-8-11(9-24-16)25-15(26)10-5-6-14(22-7-10)17(19,20)21/h1-9H,(H,25,26). The van der Waals surface area contributed by atoms with E-state index < -0.39 is 23.6 Å². The summed E-state index contributed by atoms with van der Waals surface area (Å²) in [6, 6.07) is 7.24. The van der Waals surface area contributed by atoms with Crippen molar-refractivity contribution in [2.24, 2.45) is 0 Å². The molecule has 6 nitrogen and oxygen atoms in total. The number of ether oxygens (including phenoxy) is 1. The minimum atomic E-state index is -4.59. The zero-order valence-corrected chi connectivity index (χ0v) is 13.4. The van der Waals surface area contributed by atoms with Gasteiger partial charge >= 0.3 is 12.2 Å². The monoisotopic (exact) mass is 378 g/mol. The SMILES string of the molecule is O=C(Nc1cnc(Oc2ccccc2F)nc1)c1ccc(C(F)(F)F)nc1. The minimum absolute atomic E-state index is 0.0647. The van der Waals surface area contributed by atoms with Gasteiger partial charge in [-0.2, -0.15) is 13.2 Å². The lowest BCUT2D eigenvalue weighted by Gasteiger charge is -2.08. The van der Waals surface area contributed by atoms with Gasteiger partial charge in [-0.3, -0.25) is 9.78 Å². The molecule has 0 spiro atoms. The Balaban J connectivity index is 1.66. The van der Waals surface area contributed by atoms with Gasteiger partial charge in [0.2, 0.25) is 0 Å². The summed E-state index contributed by atoms with van der Waals surface area (Å²) in [4.78, 5) is 22.9. The maximum Gasteiger partial charge on any atom is 0.433 e. The van der Waals surface area contributed by atoms with Crippen LogP contribution in [0.25, 0.3) is 0 Å². The largest absolute Gasteiger partial charge is 0.433 e. The summed E-state index contributed by atoms with van der Waals surface area (Å²) in [5.74, 6) is -1.35. The van der Waals surface area contributed by atoms with Crippen LogP contribution >= 0.6 is 0 Å². The number of benzene rings is 1. The lowest BCUT2D eigenvalue weighted by Crippen LogP contribution is -2.14. The number of amides is 1. The molecule has 27 heavy (non-hydrogen) atoms. The third-order valence-electron chi connectivity index (χ3n) is 3.24. The predicted octanol–water partition coefficient (Wildman–Crippen LogP) is 4.07. The number of carbonyl (C=O) groups is 1. The Labute approximate surface area is 149 Å². The summed E-state index contributed by atoms with van der Waals surface area (Å²) in [7, 11) is 0. The van der Waals surface area contributed by atoms with Gasteiger partial charge in [0.15, 0.2) is 11.6 Å². The van der Waals surface area contributed by atoms with E-state index in [4.69, 9.17) is 4.74 Å². The Kier molecular flexibility index (Phi) is 4.97. The summed E-state index contributed by atoms with van der Waals surface area (Å²) in [6.07, 6.45) is -1.36. The molecule has 0 fully saturated rings. The van der Waals surface area contributed by atoms with Crippen molar-refractivity contribution in [2.45, 2.75) is 6.18 Å². The van der Waals surface area contributed by atoms with Crippen molar-refractivity contribution in [3.05, 3.63) is 72.1 Å². The number of alkyl halides is 3. The summed E-state index contributed by atoms with van der Waals surface area (Å²) in [5.41, 5.74) is -1.01. The number of rotatable bonds is 4. The minimum Gasteiger partial charge on any atom is -0.421 e. The smallest absolute Gasteiger partial charge is 0.421 e. The number of hydrogen-bond donors (Lipinski definition) is 1. The van der Waals surface area contributed by atoms with Gasteiger partial charge in [0.05, 0.1) is 23.6 Å². The van der Waals surface area contributed by atoms with Gasteiger partial charge in [0, 0.05) is 6.20 Å². The second-order valence-electron chi connectivity index (χ2n) is 5.17. The van der Waals surface area contributed by atoms with Crippen LogP contribution in [-0.2, 0) is 6.18 Å². The van der Waals surface area contributed by atoms with Gasteiger partial charge in [-0.1, -0.05) is 12.1 Å². The fourth-order valence-corrected chi connectivity index (χ4v) is 1.96. The first-order valence-electron chi connectivity index (χ1n) is 7.42. The molecule has 0 aliphatic heterocycles. The predicted molar refractivity (Wildman–Crippen MR) is 85.7 cm³/mol. The number of carbonyl (C=O) groups excluding carboxylic acids is 1. The van der Waals surface area contributed by atoms with Crippen LogP contribution in [0.1, 0.15) is 16.1 Å². The Hall–Kier alpha value is -3.56. The third-order valence-corrected chi connectivity index (χ3v) is 3.24. The van der Waals surface area contributed by atoms with Crippen molar-refractivity contribution in [1.82, 2.24) is 15.0 Å². The van der Waals surface area contributed by atoms with Crippen LogP contribution < -0.4 is 10.1 Å². The molecule has 0 saturated carbocycles. The van der Waals surface area contributed by atoms with E-state index in [9.17, 15) is 22.4 Å². The molecule has 1 aromatic carbocycles. The fourth-order valence-electron chi connectivity index (χ4n) is 1.96. The van der Waals surface area contributed by atoms with E-state index in [0.717, 1.165) is 12.3 Å². The average molecular weight is 378 g/mol. The number of nitrogens with one attached hydrogen (secondary N) is 1. The van der Waals surface area contributed by atoms with Crippen LogP contribution in [0.5, 0.6) is 11.8 Å². The molecule has 2 aromatic heterocycles. The molecule has 10 heteroatoms. The van der Waals surface area contributed by atoms with Gasteiger partial charge < -0.3 is 10.1 Å². The molecular weight excluding hydrogens is 368 g/mol. The van der Waals surface area contributed by atoms with E-state index in [2.05, 4.69) is 20.3 Å². The van der Waals surface area contributed by atoms with Crippen molar-refractivity contribution in [3.63, 3.8) is 0 Å². The van der Waals surface area contributed by atoms with Crippen LogP contribution in [-0.4, -0.2) is 20.9 Å². The highest BCUT2D eigenvalue weighted by Crippen LogP contribution is 2.27. The molecule has 2 heterocycles. The summed E-state index contributed by atoms with van der Waals surface area (Å²) >= 11 is 0. The Morgan fingerprint density at radius 3 is 2.26 bits per heavy atom. The maximum atomic E-state index is 13.5. The quantitative estimate of drug-likeness (QED) is 0.693. The molecule has 1 N–H and O–H groups in total. The van der Waals surface area contributed by atoms with E-state index in [1.54, 1.807) is 6.07 Å². The van der Waals surface area contributed by atoms with Crippen molar-refractivity contribution >= 4 is 11.6 Å². The van der Waals surface area contributed by atoms with E-state index in [1.807, 2.05) is 0 Å². The molecule has 0 atom stereocenters. The number of hydrogen-bond acceptors (Lipinski definition) is 5. The summed E-state index contributed by atoms with van der Waals surface area (Å²) in [5, 5.41) is 2.40. The molecule has 3 rings (SSSR count). The normalized spacial score (nSPS) is 11.1. The molecule has 0 saturated heterocycles. The summed E-state index contributed by atoms with van der Waals surface area (Å²) < 4.78 is 56.1. The molecule has 3 aromatic rings. The highest BCUT2D eigenvalue weighted by Gasteiger charge is 2.32. The third kappa shape index (κ3) is 4.54. The Bertz CT molecular complexity index is 944. The fraction of sp³-hybridized carbons (Fsp3) is 0.0588. The Morgan fingerprint density at radius 1 is 0.963 bits per heavy atom. The second kappa shape index (κ2) is 7.36. The van der Waals surface area contributed by atoms with Gasteiger partial charge in [-0.05, 0) is 24.3 Å². The van der Waals surface area contributed by atoms with Crippen molar-refractivity contribution in [2.75, 3.05) is 5.32 Å². The first kappa shape index (κ1) is 18.2. The molecule has 0 bridgehead atoms. The van der Waals surface area contributed by atoms with Gasteiger partial charge in [-0.15, -0.1) is 0 Å². The number of anilines is 1. The molecule has 0 unspecified atom stereocenters. The molecule has 138 valence electrons. The van der Waals surface area contributed by atoms with Crippen molar-refractivity contribution in [3.8, 4) is 11.8 Å². The topological polar surface area (TPSA) is 77.0 Å². The first-order valence-corrected chi connectivity index (χ1v) is 7.42. The molecule has 0 radical (unpaired) electrons. The van der Waals surface area contributed by atoms with Crippen LogP contribution in [0.2, 0.25) is 0 Å². The van der Waals surface area contributed by atoms with Gasteiger partial charge in [0.1, 0.15) is 5.69 Å². The number of nitrogens with zero attached hydrogens (tertiary/aromatic N) is 3.